The van der Waals surface area contributed by atoms with Gasteiger partial charge in [0.1, 0.15) is 5.75 Å². The van der Waals surface area contributed by atoms with Crippen molar-refractivity contribution in [3.63, 3.8) is 0 Å². The molecule has 0 aliphatic heterocycles. The number of amides is 1. The molecule has 5 nitrogen and oxygen atoms in total. The van der Waals surface area contributed by atoms with Crippen molar-refractivity contribution < 1.29 is 19.0 Å². The first-order valence-electron chi connectivity index (χ1n) is 6.67. The summed E-state index contributed by atoms with van der Waals surface area (Å²) >= 11 is 3.48. The van der Waals surface area contributed by atoms with Crippen LogP contribution in [0.5, 0.6) is 17.2 Å². The van der Waals surface area contributed by atoms with Gasteiger partial charge in [-0.25, -0.2) is 0 Å². The average Bonchev–Trinajstić information content (AvgIpc) is 2.44. The van der Waals surface area contributed by atoms with Gasteiger partial charge in [-0.15, -0.1) is 0 Å². The van der Waals surface area contributed by atoms with Crippen LogP contribution in [0.15, 0.2) is 12.1 Å². The number of benzene rings is 1. The summed E-state index contributed by atoms with van der Waals surface area (Å²) in [4.78, 5) is 12.7. The molecule has 0 aliphatic carbocycles. The number of carbonyl (C=O) groups excluding carboxylic acids is 1. The molecular formula is C15H22BrNO4. The molecule has 0 aliphatic rings. The van der Waals surface area contributed by atoms with E-state index in [0.717, 1.165) is 6.42 Å². The Kier molecular flexibility index (Phi) is 6.81. The van der Waals surface area contributed by atoms with Gasteiger partial charge in [0.25, 0.3) is 5.91 Å². The lowest BCUT2D eigenvalue weighted by molar-refractivity contribution is 0.0935. The quantitative estimate of drug-likeness (QED) is 0.760. The largest absolute Gasteiger partial charge is 0.496 e. The van der Waals surface area contributed by atoms with E-state index in [1.165, 1.54) is 21.3 Å². The first-order chi connectivity index (χ1) is 9.92. The highest BCUT2D eigenvalue weighted by Gasteiger charge is 2.19. The zero-order chi connectivity index (χ0) is 16.0. The molecule has 6 heteroatoms. The molecule has 118 valence electrons. The van der Waals surface area contributed by atoms with E-state index in [1.54, 1.807) is 12.1 Å². The maximum absolute atomic E-state index is 12.4. The van der Waals surface area contributed by atoms with Gasteiger partial charge in [0, 0.05) is 23.0 Å². The Morgan fingerprint density at radius 3 is 2.10 bits per heavy atom. The summed E-state index contributed by atoms with van der Waals surface area (Å²) < 4.78 is 15.7. The Bertz CT molecular complexity index is 491. The Morgan fingerprint density at radius 1 is 1.10 bits per heavy atom. The smallest absolute Gasteiger partial charge is 0.255 e. The molecule has 2 unspecified atom stereocenters. The summed E-state index contributed by atoms with van der Waals surface area (Å²) in [6.45, 7) is 4.00. The Balaban J connectivity index is 3.02. The minimum absolute atomic E-state index is 0.0460. The lowest BCUT2D eigenvalue weighted by atomic mass is 10.1. The van der Waals surface area contributed by atoms with Gasteiger partial charge in [-0.05, 0) is 13.3 Å². The number of rotatable bonds is 7. The number of methoxy groups -OCH3 is 3. The van der Waals surface area contributed by atoms with Crippen LogP contribution in [-0.4, -0.2) is 38.1 Å². The Morgan fingerprint density at radius 2 is 1.62 bits per heavy atom. The van der Waals surface area contributed by atoms with Crippen molar-refractivity contribution in [3.8, 4) is 17.2 Å². The van der Waals surface area contributed by atoms with Gasteiger partial charge < -0.3 is 19.5 Å². The predicted molar refractivity (Wildman–Crippen MR) is 86.0 cm³/mol. The molecule has 0 bridgehead atoms. The fourth-order valence-electron chi connectivity index (χ4n) is 2.05. The summed E-state index contributed by atoms with van der Waals surface area (Å²) in [6, 6.07) is 3.31. The van der Waals surface area contributed by atoms with Crippen LogP contribution in [0.1, 0.15) is 30.6 Å². The zero-order valence-corrected chi connectivity index (χ0v) is 14.6. The molecule has 0 aromatic heterocycles. The topological polar surface area (TPSA) is 56.8 Å². The molecule has 1 aromatic rings. The Hall–Kier alpha value is -1.43. The summed E-state index contributed by atoms with van der Waals surface area (Å²) in [5.41, 5.74) is 0.421. The van der Waals surface area contributed by atoms with Gasteiger partial charge in [0.15, 0.2) is 11.5 Å². The Labute approximate surface area is 134 Å². The van der Waals surface area contributed by atoms with Crippen molar-refractivity contribution in [2.45, 2.75) is 31.1 Å². The van der Waals surface area contributed by atoms with E-state index in [-0.39, 0.29) is 11.9 Å². The highest BCUT2D eigenvalue weighted by Crippen LogP contribution is 2.34. The summed E-state index contributed by atoms with van der Waals surface area (Å²) in [6.07, 6.45) is 0.835. The number of ether oxygens (including phenoxy) is 3. The molecule has 0 fully saturated rings. The van der Waals surface area contributed by atoms with E-state index in [1.807, 2.05) is 13.8 Å². The molecule has 1 rings (SSSR count). The van der Waals surface area contributed by atoms with E-state index >= 15 is 0 Å². The number of halogens is 1. The average molecular weight is 360 g/mol. The zero-order valence-electron chi connectivity index (χ0n) is 13.0. The number of hydrogen-bond donors (Lipinski definition) is 1. The van der Waals surface area contributed by atoms with Crippen molar-refractivity contribution in [1.29, 1.82) is 0 Å². The summed E-state index contributed by atoms with van der Waals surface area (Å²) in [5.74, 6) is 1.26. The van der Waals surface area contributed by atoms with E-state index in [0.29, 0.717) is 27.6 Å². The van der Waals surface area contributed by atoms with Gasteiger partial charge in [0.2, 0.25) is 0 Å². The monoisotopic (exact) mass is 359 g/mol. The molecule has 0 saturated carbocycles. The van der Waals surface area contributed by atoms with Crippen LogP contribution >= 0.6 is 15.9 Å². The third-order valence-corrected chi connectivity index (χ3v) is 3.38. The highest BCUT2D eigenvalue weighted by atomic mass is 79.9. The van der Waals surface area contributed by atoms with E-state index in [9.17, 15) is 4.79 Å². The number of nitrogens with one attached hydrogen (secondary N) is 1. The van der Waals surface area contributed by atoms with E-state index in [4.69, 9.17) is 14.2 Å². The van der Waals surface area contributed by atoms with Gasteiger partial charge in [0.05, 0.1) is 26.9 Å². The maximum Gasteiger partial charge on any atom is 0.255 e. The van der Waals surface area contributed by atoms with Crippen molar-refractivity contribution in [3.05, 3.63) is 17.7 Å². The lowest BCUT2D eigenvalue weighted by Gasteiger charge is -2.18. The van der Waals surface area contributed by atoms with Gasteiger partial charge in [-0.1, -0.05) is 22.9 Å². The van der Waals surface area contributed by atoms with Crippen LogP contribution < -0.4 is 19.5 Å². The van der Waals surface area contributed by atoms with E-state index < -0.39 is 0 Å². The normalized spacial score (nSPS) is 13.2. The van der Waals surface area contributed by atoms with Gasteiger partial charge in [-0.2, -0.15) is 0 Å². The minimum atomic E-state index is -0.201. The first-order valence-corrected chi connectivity index (χ1v) is 7.59. The highest BCUT2D eigenvalue weighted by molar-refractivity contribution is 9.09. The molecule has 1 amide bonds. The van der Waals surface area contributed by atoms with Crippen molar-refractivity contribution >= 4 is 21.8 Å². The second-order valence-electron chi connectivity index (χ2n) is 4.80. The standard InChI is InChI=1S/C15H22BrNO4/c1-9(16)6-10(2)17-15(18)11-7-13(20-4)14(21-5)8-12(11)19-3/h7-10H,6H2,1-5H3,(H,17,18). The molecule has 1 N–H and O–H groups in total. The van der Waals surface area contributed by atoms with Crippen molar-refractivity contribution in [2.24, 2.45) is 0 Å². The van der Waals surface area contributed by atoms with E-state index in [2.05, 4.69) is 21.2 Å². The molecule has 21 heavy (non-hydrogen) atoms. The summed E-state index contributed by atoms with van der Waals surface area (Å²) in [5, 5.41) is 2.95. The molecule has 0 saturated heterocycles. The number of hydrogen-bond acceptors (Lipinski definition) is 4. The molecule has 1 aromatic carbocycles. The van der Waals surface area contributed by atoms with Crippen molar-refractivity contribution in [1.82, 2.24) is 5.32 Å². The molecule has 0 heterocycles. The molecule has 2 atom stereocenters. The second kappa shape index (κ2) is 8.12. The van der Waals surface area contributed by atoms with Crippen LogP contribution in [0.3, 0.4) is 0 Å². The first kappa shape index (κ1) is 17.6. The molecular weight excluding hydrogens is 338 g/mol. The third kappa shape index (κ3) is 4.81. The minimum Gasteiger partial charge on any atom is -0.496 e. The van der Waals surface area contributed by atoms with Crippen LogP contribution in [0.2, 0.25) is 0 Å². The second-order valence-corrected chi connectivity index (χ2v) is 6.36. The maximum atomic E-state index is 12.4. The predicted octanol–water partition coefficient (Wildman–Crippen LogP) is 3.00. The number of alkyl halides is 1. The lowest BCUT2D eigenvalue weighted by Crippen LogP contribution is -2.34. The third-order valence-electron chi connectivity index (χ3n) is 3.01. The van der Waals surface area contributed by atoms with Crippen LogP contribution in [0.25, 0.3) is 0 Å². The number of carbonyl (C=O) groups is 1. The van der Waals surface area contributed by atoms with Gasteiger partial charge >= 0.3 is 0 Å². The SMILES string of the molecule is COc1cc(OC)c(C(=O)NC(C)CC(C)Br)cc1OC. The fraction of sp³-hybridized carbons (Fsp3) is 0.533. The van der Waals surface area contributed by atoms with Crippen molar-refractivity contribution in [2.75, 3.05) is 21.3 Å². The fourth-order valence-corrected chi connectivity index (χ4v) is 2.62. The van der Waals surface area contributed by atoms with Crippen LogP contribution in [0.4, 0.5) is 0 Å². The van der Waals surface area contributed by atoms with Crippen LogP contribution in [0, 0.1) is 0 Å². The van der Waals surface area contributed by atoms with Gasteiger partial charge in [-0.3, -0.25) is 4.79 Å². The van der Waals surface area contributed by atoms with Crippen LogP contribution in [-0.2, 0) is 0 Å². The summed E-state index contributed by atoms with van der Waals surface area (Å²) in [7, 11) is 4.58. The molecule has 0 spiro atoms. The molecule has 0 radical (unpaired) electrons.